The zero-order valence-corrected chi connectivity index (χ0v) is 16.1. The lowest BCUT2D eigenvalue weighted by Gasteiger charge is -2.09. The van der Waals surface area contributed by atoms with Crippen molar-refractivity contribution in [3.8, 4) is 0 Å². The molecule has 3 aromatic rings. The van der Waals surface area contributed by atoms with Crippen molar-refractivity contribution in [3.05, 3.63) is 64.4 Å². The molecule has 2 aromatic carbocycles. The number of hydrogen-bond donors (Lipinski definition) is 2. The van der Waals surface area contributed by atoms with Crippen molar-refractivity contribution in [3.63, 3.8) is 0 Å². The van der Waals surface area contributed by atoms with E-state index >= 15 is 0 Å². The number of carbonyl (C=O) groups excluding carboxylic acids is 2. The van der Waals surface area contributed by atoms with Crippen LogP contribution in [0.3, 0.4) is 0 Å². The summed E-state index contributed by atoms with van der Waals surface area (Å²) in [5.41, 5.74) is 2.96. The number of hydrogen-bond acceptors (Lipinski definition) is 5. The van der Waals surface area contributed by atoms with Crippen LogP contribution in [0.15, 0.2) is 42.5 Å². The van der Waals surface area contributed by atoms with Crippen molar-refractivity contribution < 1.29 is 19.4 Å². The summed E-state index contributed by atoms with van der Waals surface area (Å²) in [4.78, 5) is 28.5. The number of esters is 1. The van der Waals surface area contributed by atoms with Crippen LogP contribution in [0, 0.1) is 6.92 Å². The lowest BCUT2D eigenvalue weighted by Crippen LogP contribution is -2.30. The summed E-state index contributed by atoms with van der Waals surface area (Å²) in [6.07, 6.45) is 0. The molecule has 1 amide bonds. The zero-order chi connectivity index (χ0) is 20.1. The first-order chi connectivity index (χ1) is 13.5. The number of carbonyl (C=O) groups is 2. The molecule has 1 aromatic heterocycles. The van der Waals surface area contributed by atoms with Crippen LogP contribution in [0.1, 0.15) is 21.7 Å². The number of rotatable bonds is 7. The number of halogens is 1. The molecule has 0 aliphatic rings. The number of aryl methyl sites for hydroxylation is 1. The van der Waals surface area contributed by atoms with Crippen LogP contribution in [-0.2, 0) is 22.7 Å². The Morgan fingerprint density at radius 1 is 1.21 bits per heavy atom. The van der Waals surface area contributed by atoms with Gasteiger partial charge in [-0.15, -0.1) is 0 Å². The van der Waals surface area contributed by atoms with Crippen molar-refractivity contribution in [2.75, 3.05) is 13.2 Å². The second-order valence-electron chi connectivity index (χ2n) is 6.25. The molecule has 0 saturated carbocycles. The first kappa shape index (κ1) is 19.9. The van der Waals surface area contributed by atoms with Gasteiger partial charge in [0, 0.05) is 17.1 Å². The fourth-order valence-corrected chi connectivity index (χ4v) is 2.93. The monoisotopic (exact) mass is 401 g/mol. The Kier molecular flexibility index (Phi) is 6.28. The summed E-state index contributed by atoms with van der Waals surface area (Å²) in [5, 5.41) is 12.4. The summed E-state index contributed by atoms with van der Waals surface area (Å²) in [6.45, 7) is 1.81. The number of nitrogens with zero attached hydrogens (tertiary/aromatic N) is 2. The Balaban J connectivity index is 1.60. The topological polar surface area (TPSA) is 93.5 Å². The van der Waals surface area contributed by atoms with Crippen LogP contribution >= 0.6 is 11.6 Å². The Hall–Kier alpha value is -2.90. The molecule has 7 nitrogen and oxygen atoms in total. The molecule has 1 heterocycles. The van der Waals surface area contributed by atoms with Gasteiger partial charge in [-0.1, -0.05) is 29.3 Å². The van der Waals surface area contributed by atoms with E-state index in [1.165, 1.54) is 0 Å². The maximum absolute atomic E-state index is 12.0. The van der Waals surface area contributed by atoms with Gasteiger partial charge in [-0.2, -0.15) is 0 Å². The average molecular weight is 402 g/mol. The molecule has 146 valence electrons. The maximum atomic E-state index is 12.0. The highest BCUT2D eigenvalue weighted by molar-refractivity contribution is 6.31. The SMILES string of the molecule is Cc1ccc(C(=O)NCC(=O)OCc2nc3ccc(Cl)cc3n2CCO)cc1. The predicted molar refractivity (Wildman–Crippen MR) is 105 cm³/mol. The quantitative estimate of drug-likeness (QED) is 0.593. The molecule has 0 atom stereocenters. The fraction of sp³-hybridized carbons (Fsp3) is 0.250. The maximum Gasteiger partial charge on any atom is 0.325 e. The summed E-state index contributed by atoms with van der Waals surface area (Å²) in [5.74, 6) is -0.440. The minimum absolute atomic E-state index is 0.0778. The lowest BCUT2D eigenvalue weighted by atomic mass is 10.1. The number of aliphatic hydroxyl groups excluding tert-OH is 1. The zero-order valence-electron chi connectivity index (χ0n) is 15.3. The lowest BCUT2D eigenvalue weighted by molar-refractivity contribution is -0.144. The Labute approximate surface area is 166 Å². The first-order valence-corrected chi connectivity index (χ1v) is 9.11. The average Bonchev–Trinajstić information content (AvgIpc) is 3.02. The van der Waals surface area contributed by atoms with Gasteiger partial charge in [0.15, 0.2) is 0 Å². The van der Waals surface area contributed by atoms with Crippen LogP contribution in [0.2, 0.25) is 5.02 Å². The van der Waals surface area contributed by atoms with Gasteiger partial charge in [-0.05, 0) is 37.3 Å². The van der Waals surface area contributed by atoms with Gasteiger partial charge in [-0.25, -0.2) is 4.98 Å². The number of aromatic nitrogens is 2. The second-order valence-corrected chi connectivity index (χ2v) is 6.68. The van der Waals surface area contributed by atoms with Gasteiger partial charge >= 0.3 is 5.97 Å². The Morgan fingerprint density at radius 3 is 2.68 bits per heavy atom. The van der Waals surface area contributed by atoms with Gasteiger partial charge in [0.2, 0.25) is 0 Å². The van der Waals surface area contributed by atoms with E-state index in [1.54, 1.807) is 34.9 Å². The molecule has 8 heteroatoms. The van der Waals surface area contributed by atoms with Crippen LogP contribution in [0.5, 0.6) is 0 Å². The largest absolute Gasteiger partial charge is 0.456 e. The van der Waals surface area contributed by atoms with Crippen LogP contribution in [0.4, 0.5) is 0 Å². The number of amides is 1. The molecule has 0 aliphatic heterocycles. The van der Waals surface area contributed by atoms with E-state index in [0.29, 0.717) is 28.5 Å². The predicted octanol–water partition coefficient (Wildman–Crippen LogP) is 2.46. The van der Waals surface area contributed by atoms with Crippen molar-refractivity contribution in [2.24, 2.45) is 0 Å². The Bertz CT molecular complexity index is 999. The third-order valence-electron chi connectivity index (χ3n) is 4.18. The second kappa shape index (κ2) is 8.86. The summed E-state index contributed by atoms with van der Waals surface area (Å²) < 4.78 is 6.98. The van der Waals surface area contributed by atoms with Gasteiger partial charge < -0.3 is 19.7 Å². The highest BCUT2D eigenvalue weighted by atomic mass is 35.5. The molecule has 3 rings (SSSR count). The van der Waals surface area contributed by atoms with E-state index in [0.717, 1.165) is 11.1 Å². The molecule has 0 bridgehead atoms. The van der Waals surface area contributed by atoms with Crippen molar-refractivity contribution in [1.82, 2.24) is 14.9 Å². The number of ether oxygens (including phenoxy) is 1. The van der Waals surface area contributed by atoms with E-state index in [4.69, 9.17) is 16.3 Å². The van der Waals surface area contributed by atoms with E-state index in [-0.39, 0.29) is 25.7 Å². The molecule has 0 unspecified atom stereocenters. The molecule has 0 aliphatic carbocycles. The number of benzene rings is 2. The van der Waals surface area contributed by atoms with Crippen LogP contribution in [0.25, 0.3) is 11.0 Å². The van der Waals surface area contributed by atoms with Crippen molar-refractivity contribution in [1.29, 1.82) is 0 Å². The van der Waals surface area contributed by atoms with Crippen LogP contribution < -0.4 is 5.32 Å². The molecular weight excluding hydrogens is 382 g/mol. The minimum atomic E-state index is -0.582. The smallest absolute Gasteiger partial charge is 0.325 e. The molecule has 0 saturated heterocycles. The van der Waals surface area contributed by atoms with Gasteiger partial charge in [-0.3, -0.25) is 9.59 Å². The van der Waals surface area contributed by atoms with Crippen molar-refractivity contribution >= 4 is 34.5 Å². The van der Waals surface area contributed by atoms with Gasteiger partial charge in [0.05, 0.1) is 17.6 Å². The minimum Gasteiger partial charge on any atom is -0.456 e. The highest BCUT2D eigenvalue weighted by Gasteiger charge is 2.14. The van der Waals surface area contributed by atoms with Crippen LogP contribution in [-0.4, -0.2) is 39.7 Å². The third kappa shape index (κ3) is 4.68. The highest BCUT2D eigenvalue weighted by Crippen LogP contribution is 2.21. The summed E-state index contributed by atoms with van der Waals surface area (Å²) in [7, 11) is 0. The molecular formula is C20H20ClN3O4. The van der Waals surface area contributed by atoms with Gasteiger partial charge in [0.1, 0.15) is 19.0 Å². The molecule has 0 spiro atoms. The Morgan fingerprint density at radius 2 is 1.96 bits per heavy atom. The molecule has 28 heavy (non-hydrogen) atoms. The van der Waals surface area contributed by atoms with Gasteiger partial charge in [0.25, 0.3) is 5.91 Å². The molecule has 2 N–H and O–H groups in total. The molecule has 0 fully saturated rings. The number of aliphatic hydroxyl groups is 1. The van der Waals surface area contributed by atoms with E-state index in [9.17, 15) is 14.7 Å². The normalized spacial score (nSPS) is 10.8. The fourth-order valence-electron chi connectivity index (χ4n) is 2.76. The van der Waals surface area contributed by atoms with Crippen molar-refractivity contribution in [2.45, 2.75) is 20.1 Å². The standard InChI is InChI=1S/C20H20ClN3O4/c1-13-2-4-14(5-3-13)20(27)22-11-19(26)28-12-18-23-16-7-6-15(21)10-17(16)24(18)8-9-25/h2-7,10,25H,8-9,11-12H2,1H3,(H,22,27). The number of fused-ring (bicyclic) bond motifs is 1. The summed E-state index contributed by atoms with van der Waals surface area (Å²) >= 11 is 6.03. The number of imidazole rings is 1. The first-order valence-electron chi connectivity index (χ1n) is 8.74. The number of nitrogens with one attached hydrogen (secondary N) is 1. The third-order valence-corrected chi connectivity index (χ3v) is 4.42. The van der Waals surface area contributed by atoms with E-state index in [2.05, 4.69) is 10.3 Å². The van der Waals surface area contributed by atoms with E-state index in [1.807, 2.05) is 19.1 Å². The van der Waals surface area contributed by atoms with E-state index < -0.39 is 5.97 Å². The molecule has 0 radical (unpaired) electrons. The summed E-state index contributed by atoms with van der Waals surface area (Å²) in [6, 6.07) is 12.3.